The standard InChI is InChI=1S/C13H17N3/c1-16(2)8-7-14-10-12-9-11-5-3-4-6-13(11)15-12/h3-6,9-10,15H,7-8H2,1-2H3. The fourth-order valence-electron chi connectivity index (χ4n) is 1.59. The first-order valence-electron chi connectivity index (χ1n) is 5.48. The van der Waals surface area contributed by atoms with Crippen LogP contribution in [0.15, 0.2) is 35.3 Å². The van der Waals surface area contributed by atoms with Crippen LogP contribution in [0.3, 0.4) is 0 Å². The number of hydrogen-bond donors (Lipinski definition) is 1. The van der Waals surface area contributed by atoms with E-state index in [9.17, 15) is 0 Å². The lowest BCUT2D eigenvalue weighted by Gasteiger charge is -2.04. The van der Waals surface area contributed by atoms with E-state index in [1.54, 1.807) is 0 Å². The van der Waals surface area contributed by atoms with Crippen LogP contribution in [-0.2, 0) is 0 Å². The van der Waals surface area contributed by atoms with Gasteiger partial charge >= 0.3 is 0 Å². The second-order valence-electron chi connectivity index (χ2n) is 4.15. The van der Waals surface area contributed by atoms with Crippen molar-refractivity contribution in [3.8, 4) is 0 Å². The molecule has 0 aliphatic carbocycles. The summed E-state index contributed by atoms with van der Waals surface area (Å²) in [6.45, 7) is 1.82. The van der Waals surface area contributed by atoms with Crippen molar-refractivity contribution in [2.24, 2.45) is 4.99 Å². The highest BCUT2D eigenvalue weighted by Crippen LogP contribution is 2.13. The number of nitrogens with one attached hydrogen (secondary N) is 1. The van der Waals surface area contributed by atoms with Gasteiger partial charge in [0.15, 0.2) is 0 Å². The lowest BCUT2D eigenvalue weighted by Crippen LogP contribution is -2.15. The highest BCUT2D eigenvalue weighted by molar-refractivity contribution is 5.89. The van der Waals surface area contributed by atoms with Gasteiger partial charge in [-0.2, -0.15) is 0 Å². The molecule has 0 unspecified atom stereocenters. The molecule has 0 radical (unpaired) electrons. The summed E-state index contributed by atoms with van der Waals surface area (Å²) in [6, 6.07) is 10.4. The zero-order valence-electron chi connectivity index (χ0n) is 9.77. The Hall–Kier alpha value is -1.61. The maximum atomic E-state index is 4.38. The number of aromatic nitrogens is 1. The summed E-state index contributed by atoms with van der Waals surface area (Å²) in [4.78, 5) is 9.83. The van der Waals surface area contributed by atoms with E-state index in [1.165, 1.54) is 5.39 Å². The third-order valence-electron chi connectivity index (χ3n) is 2.46. The first kappa shape index (κ1) is 10.9. The number of rotatable bonds is 4. The Labute approximate surface area is 95.8 Å². The molecule has 2 rings (SSSR count). The fourth-order valence-corrected chi connectivity index (χ4v) is 1.59. The monoisotopic (exact) mass is 215 g/mol. The van der Waals surface area contributed by atoms with Crippen molar-refractivity contribution >= 4 is 17.1 Å². The van der Waals surface area contributed by atoms with Crippen LogP contribution in [0.2, 0.25) is 0 Å². The Bertz CT molecular complexity index is 450. The molecule has 0 spiro atoms. The minimum absolute atomic E-state index is 0.836. The normalized spacial score (nSPS) is 11.9. The van der Waals surface area contributed by atoms with Crippen LogP contribution >= 0.6 is 0 Å². The van der Waals surface area contributed by atoms with Crippen LogP contribution < -0.4 is 0 Å². The second kappa shape index (κ2) is 4.94. The molecule has 84 valence electrons. The van der Waals surface area contributed by atoms with Crippen LogP contribution in [0.25, 0.3) is 10.9 Å². The van der Waals surface area contributed by atoms with Crippen LogP contribution in [0.4, 0.5) is 0 Å². The molecule has 0 aliphatic heterocycles. The van der Waals surface area contributed by atoms with E-state index >= 15 is 0 Å². The third-order valence-corrected chi connectivity index (χ3v) is 2.46. The average Bonchev–Trinajstić information content (AvgIpc) is 2.66. The SMILES string of the molecule is CN(C)CCN=Cc1cc2ccccc2[nH]1. The van der Waals surface area contributed by atoms with Crippen molar-refractivity contribution in [1.29, 1.82) is 0 Å². The van der Waals surface area contributed by atoms with Crippen LogP contribution in [0, 0.1) is 0 Å². The minimum atomic E-state index is 0.836. The summed E-state index contributed by atoms with van der Waals surface area (Å²) in [5.74, 6) is 0. The average molecular weight is 215 g/mol. The number of nitrogens with zero attached hydrogens (tertiary/aromatic N) is 2. The molecular formula is C13H17N3. The van der Waals surface area contributed by atoms with Crippen molar-refractivity contribution in [1.82, 2.24) is 9.88 Å². The maximum Gasteiger partial charge on any atom is 0.0572 e. The summed E-state index contributed by atoms with van der Waals surface area (Å²) in [6.07, 6.45) is 1.91. The molecule has 0 amide bonds. The van der Waals surface area contributed by atoms with Gasteiger partial charge in [-0.15, -0.1) is 0 Å². The fraction of sp³-hybridized carbons (Fsp3) is 0.308. The molecule has 0 saturated carbocycles. The molecule has 0 fully saturated rings. The van der Waals surface area contributed by atoms with Gasteiger partial charge in [-0.3, -0.25) is 4.99 Å². The van der Waals surface area contributed by atoms with Crippen molar-refractivity contribution in [3.05, 3.63) is 36.0 Å². The number of hydrogen-bond acceptors (Lipinski definition) is 2. The number of likely N-dealkylation sites (N-methyl/N-ethyl adjacent to an activating group) is 1. The summed E-state index contributed by atoms with van der Waals surface area (Å²) < 4.78 is 0. The van der Waals surface area contributed by atoms with Crippen LogP contribution in [-0.4, -0.2) is 43.3 Å². The first-order chi connectivity index (χ1) is 7.75. The molecule has 0 bridgehead atoms. The summed E-state index contributed by atoms with van der Waals surface area (Å²) in [7, 11) is 4.11. The van der Waals surface area contributed by atoms with Gasteiger partial charge in [-0.05, 0) is 26.2 Å². The Kier molecular flexibility index (Phi) is 3.37. The Morgan fingerprint density at radius 1 is 1.31 bits per heavy atom. The van der Waals surface area contributed by atoms with E-state index in [4.69, 9.17) is 0 Å². The lowest BCUT2D eigenvalue weighted by molar-refractivity contribution is 0.421. The van der Waals surface area contributed by atoms with Crippen LogP contribution in [0.1, 0.15) is 5.69 Å². The number of fused-ring (bicyclic) bond motifs is 1. The summed E-state index contributed by atoms with van der Waals surface area (Å²) >= 11 is 0. The Balaban J connectivity index is 2.04. The molecule has 0 aliphatic rings. The number of aromatic amines is 1. The molecule has 1 aromatic carbocycles. The highest BCUT2D eigenvalue weighted by atomic mass is 15.1. The van der Waals surface area contributed by atoms with Crippen molar-refractivity contribution < 1.29 is 0 Å². The van der Waals surface area contributed by atoms with E-state index < -0.39 is 0 Å². The summed E-state index contributed by atoms with van der Waals surface area (Å²) in [5.41, 5.74) is 2.23. The molecular weight excluding hydrogens is 198 g/mol. The number of aliphatic imine (C=N–C) groups is 1. The Morgan fingerprint density at radius 3 is 2.88 bits per heavy atom. The Morgan fingerprint density at radius 2 is 2.12 bits per heavy atom. The molecule has 0 atom stereocenters. The first-order valence-corrected chi connectivity index (χ1v) is 5.48. The topological polar surface area (TPSA) is 31.4 Å². The molecule has 1 aromatic heterocycles. The molecule has 16 heavy (non-hydrogen) atoms. The van der Waals surface area contributed by atoms with Gasteiger partial charge in [-0.1, -0.05) is 18.2 Å². The smallest absolute Gasteiger partial charge is 0.0572 e. The van der Waals surface area contributed by atoms with E-state index in [2.05, 4.69) is 47.2 Å². The van der Waals surface area contributed by atoms with Crippen LogP contribution in [0.5, 0.6) is 0 Å². The largest absolute Gasteiger partial charge is 0.354 e. The predicted octanol–water partition coefficient (Wildman–Crippen LogP) is 2.15. The van der Waals surface area contributed by atoms with E-state index in [0.717, 1.165) is 24.3 Å². The third kappa shape index (κ3) is 2.70. The van der Waals surface area contributed by atoms with Gasteiger partial charge in [0.05, 0.1) is 12.2 Å². The van der Waals surface area contributed by atoms with Crippen molar-refractivity contribution in [2.75, 3.05) is 27.2 Å². The quantitative estimate of drug-likeness (QED) is 0.778. The van der Waals surface area contributed by atoms with Gasteiger partial charge in [0.1, 0.15) is 0 Å². The van der Waals surface area contributed by atoms with E-state index in [0.29, 0.717) is 0 Å². The second-order valence-corrected chi connectivity index (χ2v) is 4.15. The molecule has 1 heterocycles. The number of benzene rings is 1. The van der Waals surface area contributed by atoms with Crippen molar-refractivity contribution in [2.45, 2.75) is 0 Å². The molecule has 1 N–H and O–H groups in total. The zero-order chi connectivity index (χ0) is 11.4. The molecule has 3 nitrogen and oxygen atoms in total. The van der Waals surface area contributed by atoms with E-state index in [-0.39, 0.29) is 0 Å². The molecule has 3 heteroatoms. The lowest BCUT2D eigenvalue weighted by atomic mass is 10.2. The predicted molar refractivity (Wildman–Crippen MR) is 69.3 cm³/mol. The van der Waals surface area contributed by atoms with Gasteiger partial charge in [0.25, 0.3) is 0 Å². The maximum absolute atomic E-state index is 4.38. The molecule has 2 aromatic rings. The summed E-state index contributed by atoms with van der Waals surface area (Å²) in [5, 5.41) is 1.23. The number of para-hydroxylation sites is 1. The van der Waals surface area contributed by atoms with Gasteiger partial charge in [0.2, 0.25) is 0 Å². The van der Waals surface area contributed by atoms with Gasteiger partial charge in [0, 0.05) is 23.7 Å². The van der Waals surface area contributed by atoms with Gasteiger partial charge < -0.3 is 9.88 Å². The number of H-pyrrole nitrogens is 1. The zero-order valence-corrected chi connectivity index (χ0v) is 9.77. The molecule has 0 saturated heterocycles. The highest BCUT2D eigenvalue weighted by Gasteiger charge is 1.96. The van der Waals surface area contributed by atoms with E-state index in [1.807, 2.05) is 18.3 Å². The minimum Gasteiger partial charge on any atom is -0.354 e. The van der Waals surface area contributed by atoms with Crippen molar-refractivity contribution in [3.63, 3.8) is 0 Å². The van der Waals surface area contributed by atoms with Gasteiger partial charge in [-0.25, -0.2) is 0 Å².